The minimum absolute atomic E-state index is 0.124. The molecule has 2 amide bonds. The Bertz CT molecular complexity index is 664. The number of nitrogens with two attached hydrogens (primary N) is 2. The van der Waals surface area contributed by atoms with Gasteiger partial charge in [-0.1, -0.05) is 43.7 Å². The van der Waals surface area contributed by atoms with Crippen LogP contribution in [-0.4, -0.2) is 40.7 Å². The highest BCUT2D eigenvalue weighted by atomic mass is 31.2. The van der Waals surface area contributed by atoms with Crippen LogP contribution in [0.15, 0.2) is 30.3 Å². The Kier molecular flexibility index (Phi) is 7.20. The van der Waals surface area contributed by atoms with E-state index in [4.69, 9.17) is 15.7 Å². The zero-order chi connectivity index (χ0) is 19.2. The van der Waals surface area contributed by atoms with Crippen LogP contribution >= 0.6 is 7.59 Å². The Hall–Kier alpha value is -1.89. The van der Waals surface area contributed by atoms with Gasteiger partial charge in [0.15, 0.2) is 0 Å². The van der Waals surface area contributed by atoms with Crippen LogP contribution in [0.2, 0.25) is 0 Å². The van der Waals surface area contributed by atoms with E-state index in [9.17, 15) is 14.2 Å². The van der Waals surface area contributed by atoms with Crippen molar-refractivity contribution < 1.29 is 18.9 Å². The molecule has 0 bridgehead atoms. The number of piperidine rings is 1. The number of carbonyl (C=O) groups is 2. The van der Waals surface area contributed by atoms with Gasteiger partial charge in [0.2, 0.25) is 0 Å². The maximum absolute atomic E-state index is 12.7. The molecule has 1 aliphatic heterocycles. The number of unbranched alkanes of at least 4 members (excludes halogenated alkanes) is 1. The maximum atomic E-state index is 12.7. The molecule has 1 atom stereocenters. The molecule has 8 nitrogen and oxygen atoms in total. The number of hydrogen-bond acceptors (Lipinski definition) is 4. The summed E-state index contributed by atoms with van der Waals surface area (Å²) in [5, 5.41) is 0. The molecule has 1 fully saturated rings. The van der Waals surface area contributed by atoms with Crippen LogP contribution in [-0.2, 0) is 20.7 Å². The van der Waals surface area contributed by atoms with Crippen molar-refractivity contribution in [2.45, 2.75) is 45.3 Å². The molecule has 2 rings (SSSR count). The molecule has 26 heavy (non-hydrogen) atoms. The lowest BCUT2D eigenvalue weighted by atomic mass is 10.0. The Morgan fingerprint density at radius 2 is 2.04 bits per heavy atom. The highest BCUT2D eigenvalue weighted by Gasteiger charge is 2.40. The average Bonchev–Trinajstić information content (AvgIpc) is 2.61. The first kappa shape index (κ1) is 20.4. The first-order chi connectivity index (χ1) is 12.3. The van der Waals surface area contributed by atoms with E-state index in [1.54, 1.807) is 0 Å². The highest BCUT2D eigenvalue weighted by molar-refractivity contribution is 7.57. The Balaban J connectivity index is 2.10. The largest absolute Gasteiger partial charge is 0.445 e. The van der Waals surface area contributed by atoms with Crippen LogP contribution in [0, 0.1) is 0 Å². The number of rotatable bonds is 7. The quantitative estimate of drug-likeness (QED) is 0.699. The van der Waals surface area contributed by atoms with Gasteiger partial charge in [-0.05, 0) is 24.8 Å². The molecule has 0 saturated carbocycles. The first-order valence-electron chi connectivity index (χ1n) is 8.81. The van der Waals surface area contributed by atoms with E-state index in [0.717, 1.165) is 23.1 Å². The van der Waals surface area contributed by atoms with Gasteiger partial charge in [0.1, 0.15) is 12.6 Å². The number of ether oxygens (including phenoxy) is 1. The van der Waals surface area contributed by atoms with Crippen LogP contribution < -0.4 is 11.0 Å². The van der Waals surface area contributed by atoms with Gasteiger partial charge in [-0.3, -0.25) is 29.9 Å². The van der Waals surface area contributed by atoms with Crippen molar-refractivity contribution in [3.63, 3.8) is 0 Å². The summed E-state index contributed by atoms with van der Waals surface area (Å²) < 4.78 is 18.4. The van der Waals surface area contributed by atoms with Gasteiger partial charge in [-0.25, -0.2) is 4.79 Å². The highest BCUT2D eigenvalue weighted by Crippen LogP contribution is 2.36. The second-order valence-corrected chi connectivity index (χ2v) is 8.21. The van der Waals surface area contributed by atoms with Gasteiger partial charge >= 0.3 is 13.7 Å². The Morgan fingerprint density at radius 1 is 1.35 bits per heavy atom. The monoisotopic (exact) mass is 382 g/mol. The molecule has 1 aromatic carbocycles. The third kappa shape index (κ3) is 5.30. The summed E-state index contributed by atoms with van der Waals surface area (Å²) >= 11 is 0. The Labute approximate surface area is 154 Å². The summed E-state index contributed by atoms with van der Waals surface area (Å²) in [6, 6.07) is 8.57. The van der Waals surface area contributed by atoms with Gasteiger partial charge in [0.05, 0.1) is 0 Å². The topological polar surface area (TPSA) is 119 Å². The van der Waals surface area contributed by atoms with Gasteiger partial charge in [-0.2, -0.15) is 0 Å². The fourth-order valence-corrected chi connectivity index (χ4v) is 3.84. The van der Waals surface area contributed by atoms with E-state index < -0.39 is 25.6 Å². The van der Waals surface area contributed by atoms with E-state index in [1.165, 1.54) is 4.90 Å². The molecular weight excluding hydrogens is 355 g/mol. The molecule has 4 N–H and O–H groups in total. The molecule has 0 aromatic heterocycles. The second-order valence-electron chi connectivity index (χ2n) is 6.38. The summed E-state index contributed by atoms with van der Waals surface area (Å²) in [5.74, 6) is -0.475. The van der Waals surface area contributed by atoms with E-state index in [1.807, 2.05) is 37.3 Å². The van der Waals surface area contributed by atoms with E-state index in [-0.39, 0.29) is 13.2 Å². The Morgan fingerprint density at radius 3 is 2.65 bits per heavy atom. The number of carbonyl (C=O) groups excluding carboxylic acids is 2. The predicted molar refractivity (Wildman–Crippen MR) is 99.0 cm³/mol. The van der Waals surface area contributed by atoms with Crippen LogP contribution in [0.1, 0.15) is 38.2 Å². The van der Waals surface area contributed by atoms with Crippen molar-refractivity contribution in [2.75, 3.05) is 13.1 Å². The van der Waals surface area contributed by atoms with Crippen molar-refractivity contribution in [3.8, 4) is 0 Å². The molecule has 1 heterocycles. The molecule has 1 saturated heterocycles. The van der Waals surface area contributed by atoms with Crippen LogP contribution in [0.3, 0.4) is 0 Å². The molecule has 1 aliphatic rings. The second kappa shape index (κ2) is 9.16. The van der Waals surface area contributed by atoms with Crippen molar-refractivity contribution >= 4 is 19.6 Å². The van der Waals surface area contributed by atoms with Gasteiger partial charge < -0.3 is 4.74 Å². The zero-order valence-electron chi connectivity index (χ0n) is 15.0. The third-order valence-corrected chi connectivity index (χ3v) is 5.48. The molecule has 0 unspecified atom stereocenters. The molecule has 9 heteroatoms. The lowest BCUT2D eigenvalue weighted by Crippen LogP contribution is -2.54. The standard InChI is InChI=1S/C17H27N4O4P/c1-2-3-11-20(17(23)25-13-14-8-5-4-6-9-14)15-10-7-12-21(16(15)22)26(18,19)24/h4-6,8-9,15H,2-3,7,10-13H2,1H3,(H4,18,19,24)/t15-/m0/s1. The fraction of sp³-hybridized carbons (Fsp3) is 0.529. The van der Waals surface area contributed by atoms with E-state index >= 15 is 0 Å². The van der Waals surface area contributed by atoms with Crippen molar-refractivity contribution in [1.82, 2.24) is 9.57 Å². The summed E-state index contributed by atoms with van der Waals surface area (Å²) in [5.41, 5.74) is 11.8. The van der Waals surface area contributed by atoms with Crippen molar-refractivity contribution in [1.29, 1.82) is 0 Å². The van der Waals surface area contributed by atoms with Gasteiger partial charge in [0, 0.05) is 13.1 Å². The van der Waals surface area contributed by atoms with E-state index in [0.29, 0.717) is 19.4 Å². The van der Waals surface area contributed by atoms with Crippen LogP contribution in [0.5, 0.6) is 0 Å². The SMILES string of the molecule is CCCCN(C(=O)OCc1ccccc1)[C@H]1CCCN(P(N)(N)=O)C1=O. The molecule has 144 valence electrons. The number of amides is 2. The lowest BCUT2D eigenvalue weighted by molar-refractivity contribution is -0.134. The normalized spacial score (nSPS) is 17.9. The van der Waals surface area contributed by atoms with Crippen LogP contribution in [0.4, 0.5) is 4.79 Å². The molecule has 0 spiro atoms. The number of benzene rings is 1. The first-order valence-corrected chi connectivity index (χ1v) is 10.6. The molecular formula is C17H27N4O4P. The van der Waals surface area contributed by atoms with E-state index in [2.05, 4.69) is 0 Å². The third-order valence-electron chi connectivity index (χ3n) is 4.33. The maximum Gasteiger partial charge on any atom is 0.410 e. The fourth-order valence-electron chi connectivity index (χ4n) is 2.94. The van der Waals surface area contributed by atoms with Crippen molar-refractivity contribution in [2.24, 2.45) is 11.0 Å². The number of nitrogens with zero attached hydrogens (tertiary/aromatic N) is 2. The van der Waals surface area contributed by atoms with Gasteiger partial charge in [0.25, 0.3) is 5.91 Å². The smallest absolute Gasteiger partial charge is 0.410 e. The lowest BCUT2D eigenvalue weighted by Gasteiger charge is -2.38. The minimum Gasteiger partial charge on any atom is -0.445 e. The molecule has 1 aromatic rings. The van der Waals surface area contributed by atoms with Gasteiger partial charge in [-0.15, -0.1) is 0 Å². The average molecular weight is 382 g/mol. The van der Waals surface area contributed by atoms with Crippen molar-refractivity contribution in [3.05, 3.63) is 35.9 Å². The number of hydrogen-bond donors (Lipinski definition) is 2. The zero-order valence-corrected chi connectivity index (χ0v) is 15.9. The summed E-state index contributed by atoms with van der Waals surface area (Å²) in [6.45, 7) is 2.74. The minimum atomic E-state index is -3.69. The summed E-state index contributed by atoms with van der Waals surface area (Å²) in [7, 11) is -3.69. The van der Waals surface area contributed by atoms with Crippen LogP contribution in [0.25, 0.3) is 0 Å². The molecule has 0 radical (unpaired) electrons. The molecule has 0 aliphatic carbocycles. The predicted octanol–water partition coefficient (Wildman–Crippen LogP) is 2.44. The summed E-state index contributed by atoms with van der Waals surface area (Å²) in [4.78, 5) is 26.7. The summed E-state index contributed by atoms with van der Waals surface area (Å²) in [6.07, 6.45) is 2.07.